The Morgan fingerprint density at radius 3 is 2.49 bits per heavy atom. The van der Waals surface area contributed by atoms with Crippen LogP contribution in [0.2, 0.25) is 10.0 Å². The van der Waals surface area contributed by atoms with Gasteiger partial charge in [-0.1, -0.05) is 35.3 Å². The summed E-state index contributed by atoms with van der Waals surface area (Å²) < 4.78 is 40.6. The Morgan fingerprint density at radius 2 is 1.80 bits per heavy atom. The van der Waals surface area contributed by atoms with Crippen LogP contribution in [0.1, 0.15) is 36.2 Å². The van der Waals surface area contributed by atoms with Crippen molar-refractivity contribution in [2.75, 3.05) is 19.6 Å². The number of likely N-dealkylation sites (tertiary alicyclic amines) is 1. The molecule has 4 nitrogen and oxygen atoms in total. The van der Waals surface area contributed by atoms with E-state index in [1.165, 1.54) is 12.1 Å². The first-order valence-electron chi connectivity index (χ1n) is 11.4. The Balaban J connectivity index is 0.00000289. The molecule has 0 spiro atoms. The van der Waals surface area contributed by atoms with Crippen molar-refractivity contribution >= 4 is 35.6 Å². The summed E-state index contributed by atoms with van der Waals surface area (Å²) in [5.74, 6) is 2.18. The summed E-state index contributed by atoms with van der Waals surface area (Å²) in [5.41, 5.74) is 1.31. The lowest BCUT2D eigenvalue weighted by Gasteiger charge is -2.21. The van der Waals surface area contributed by atoms with Crippen molar-refractivity contribution in [2.45, 2.75) is 37.3 Å². The van der Waals surface area contributed by atoms with Crippen molar-refractivity contribution in [3.63, 3.8) is 0 Å². The van der Waals surface area contributed by atoms with Crippen LogP contribution in [0.3, 0.4) is 0 Å². The molecule has 0 unspecified atom stereocenters. The molecule has 1 aliphatic heterocycles. The first kappa shape index (κ1) is 26.3. The zero-order valence-corrected chi connectivity index (χ0v) is 21.5. The molecule has 0 amide bonds. The van der Waals surface area contributed by atoms with E-state index in [2.05, 4.69) is 15.1 Å². The average molecular weight is 546 g/mol. The molecule has 0 radical (unpaired) electrons. The maximum absolute atomic E-state index is 12.9. The Bertz CT molecular complexity index is 1200. The smallest absolute Gasteiger partial charge is 0.314 e. The van der Waals surface area contributed by atoms with E-state index in [-0.39, 0.29) is 17.8 Å². The van der Waals surface area contributed by atoms with Crippen LogP contribution in [0.5, 0.6) is 0 Å². The number of aryl methyl sites for hydroxylation is 1. The Morgan fingerprint density at radius 1 is 1.06 bits per heavy atom. The van der Waals surface area contributed by atoms with Gasteiger partial charge in [0.15, 0.2) is 5.82 Å². The number of nitrogens with zero attached hydrogens (tertiary/aromatic N) is 4. The van der Waals surface area contributed by atoms with Crippen LogP contribution in [0, 0.1) is 5.92 Å². The van der Waals surface area contributed by atoms with Crippen molar-refractivity contribution in [1.82, 2.24) is 19.7 Å². The van der Waals surface area contributed by atoms with Crippen molar-refractivity contribution < 1.29 is 13.2 Å². The minimum absolute atomic E-state index is 0. The predicted octanol–water partition coefficient (Wildman–Crippen LogP) is 6.83. The molecule has 2 fully saturated rings. The van der Waals surface area contributed by atoms with Crippen LogP contribution < -0.4 is 0 Å². The fourth-order valence-corrected chi connectivity index (χ4v) is 5.79. The Hall–Kier alpha value is -1.80. The van der Waals surface area contributed by atoms with E-state index >= 15 is 0 Å². The van der Waals surface area contributed by atoms with Gasteiger partial charge in [0, 0.05) is 42.6 Å². The van der Waals surface area contributed by atoms with E-state index in [9.17, 15) is 13.2 Å². The second-order valence-corrected chi connectivity index (χ2v) is 10.3. The molecule has 3 aromatic rings. The number of hydrogen-bond donors (Lipinski definition) is 0. The lowest BCUT2D eigenvalue weighted by atomic mass is 9.94. The maximum atomic E-state index is 12.9. The molecule has 1 saturated heterocycles. The Kier molecular flexibility index (Phi) is 7.45. The van der Waals surface area contributed by atoms with E-state index in [1.807, 2.05) is 17.7 Å². The van der Waals surface area contributed by atoms with Crippen LogP contribution in [0.15, 0.2) is 42.5 Å². The molecule has 0 N–H and O–H groups in total. The maximum Gasteiger partial charge on any atom is 0.416 e. The van der Waals surface area contributed by atoms with Gasteiger partial charge in [-0.25, -0.2) is 0 Å². The van der Waals surface area contributed by atoms with E-state index in [0.29, 0.717) is 16.0 Å². The number of alkyl halides is 3. The van der Waals surface area contributed by atoms with Gasteiger partial charge in [-0.2, -0.15) is 13.2 Å². The van der Waals surface area contributed by atoms with Crippen LogP contribution in [-0.4, -0.2) is 39.3 Å². The summed E-state index contributed by atoms with van der Waals surface area (Å²) in [6, 6.07) is 11.1. The number of unbranched alkanes of at least 4 members (excludes halogenated alkanes) is 1. The lowest BCUT2D eigenvalue weighted by molar-refractivity contribution is -0.137. The van der Waals surface area contributed by atoms with Crippen LogP contribution >= 0.6 is 35.6 Å². The zero-order chi connectivity index (χ0) is 24.1. The summed E-state index contributed by atoms with van der Waals surface area (Å²) in [7, 11) is 1.94. The molecule has 188 valence electrons. The van der Waals surface area contributed by atoms with Gasteiger partial charge in [0.05, 0.1) is 10.6 Å². The molecule has 2 heterocycles. The topological polar surface area (TPSA) is 34.0 Å². The van der Waals surface area contributed by atoms with Crippen molar-refractivity contribution in [2.24, 2.45) is 13.0 Å². The first-order valence-corrected chi connectivity index (χ1v) is 12.2. The molecule has 35 heavy (non-hydrogen) atoms. The molecule has 5 rings (SSSR count). The van der Waals surface area contributed by atoms with Gasteiger partial charge in [0.1, 0.15) is 5.82 Å². The molecule has 10 heteroatoms. The van der Waals surface area contributed by atoms with E-state index in [0.717, 1.165) is 68.1 Å². The molecule has 1 aromatic heterocycles. The number of hydrogen-bond acceptors (Lipinski definition) is 3. The summed E-state index contributed by atoms with van der Waals surface area (Å²) in [6.45, 7) is 2.92. The quantitative estimate of drug-likeness (QED) is 0.305. The van der Waals surface area contributed by atoms with Crippen LogP contribution in [0.4, 0.5) is 13.2 Å². The third-order valence-corrected chi connectivity index (χ3v) is 7.81. The molecule has 0 bridgehead atoms. The highest BCUT2D eigenvalue weighted by Gasteiger charge is 2.60. The zero-order valence-electron chi connectivity index (χ0n) is 19.2. The number of fused-ring (bicyclic) bond motifs is 1. The third kappa shape index (κ3) is 5.19. The normalized spacial score (nSPS) is 21.6. The minimum Gasteiger partial charge on any atom is -0.314 e. The standard InChI is InChI=1S/C25H25Cl2F3N4.ClH/c1-33-22(31-32-23(33)20-10-9-19(26)12-21(20)27)4-2-3-11-34-14-18-13-24(18,15-34)16-5-7-17(8-6-16)25(28,29)30;/h5-10,12,18H,2-4,11,13-15H2,1H3;1H/t18-,24+;/m0./s1. The number of aromatic nitrogens is 3. The van der Waals surface area contributed by atoms with Gasteiger partial charge in [-0.3, -0.25) is 0 Å². The predicted molar refractivity (Wildman–Crippen MR) is 134 cm³/mol. The molecule has 2 atom stereocenters. The summed E-state index contributed by atoms with van der Waals surface area (Å²) >= 11 is 12.3. The van der Waals surface area contributed by atoms with Crippen molar-refractivity contribution in [1.29, 1.82) is 0 Å². The van der Waals surface area contributed by atoms with E-state index in [1.54, 1.807) is 24.3 Å². The van der Waals surface area contributed by atoms with Crippen molar-refractivity contribution in [3.8, 4) is 11.4 Å². The minimum atomic E-state index is -4.29. The second kappa shape index (κ2) is 9.92. The highest BCUT2D eigenvalue weighted by molar-refractivity contribution is 6.36. The average Bonchev–Trinajstić information content (AvgIpc) is 3.17. The van der Waals surface area contributed by atoms with Crippen molar-refractivity contribution in [3.05, 3.63) is 69.5 Å². The second-order valence-electron chi connectivity index (χ2n) is 9.45. The van der Waals surface area contributed by atoms with Crippen LogP contribution in [-0.2, 0) is 25.1 Å². The fraction of sp³-hybridized carbons (Fsp3) is 0.440. The summed E-state index contributed by atoms with van der Waals surface area (Å²) in [5, 5.41) is 9.79. The number of benzene rings is 2. The highest BCUT2D eigenvalue weighted by atomic mass is 35.5. The van der Waals surface area contributed by atoms with E-state index in [4.69, 9.17) is 23.2 Å². The SMILES string of the molecule is Cl.Cn1c(CCCCN2C[C@@H]3C[C@]3(c3ccc(C(F)(F)F)cc3)C2)nnc1-c1ccc(Cl)cc1Cl. The molecule has 2 aromatic carbocycles. The van der Waals surface area contributed by atoms with Gasteiger partial charge in [-0.05, 0) is 67.6 Å². The molecule has 1 saturated carbocycles. The fourth-order valence-electron chi connectivity index (χ4n) is 5.30. The number of piperidine rings is 1. The number of rotatable bonds is 7. The number of halogens is 6. The van der Waals surface area contributed by atoms with Gasteiger partial charge in [0.25, 0.3) is 0 Å². The first-order chi connectivity index (χ1) is 16.2. The highest BCUT2D eigenvalue weighted by Crippen LogP contribution is 2.59. The molecular formula is C25H26Cl3F3N4. The van der Waals surface area contributed by atoms with E-state index < -0.39 is 11.7 Å². The Labute approximate surface area is 218 Å². The molecule has 2 aliphatic rings. The lowest BCUT2D eigenvalue weighted by Crippen LogP contribution is -2.27. The monoisotopic (exact) mass is 544 g/mol. The largest absolute Gasteiger partial charge is 0.416 e. The van der Waals surface area contributed by atoms with Gasteiger partial charge < -0.3 is 9.47 Å². The molecular weight excluding hydrogens is 520 g/mol. The van der Waals surface area contributed by atoms with Gasteiger partial charge in [-0.15, -0.1) is 22.6 Å². The molecule has 1 aliphatic carbocycles. The summed E-state index contributed by atoms with van der Waals surface area (Å²) in [4.78, 5) is 2.45. The summed E-state index contributed by atoms with van der Waals surface area (Å²) in [6.07, 6.45) is -0.389. The van der Waals surface area contributed by atoms with Gasteiger partial charge >= 0.3 is 6.18 Å². The van der Waals surface area contributed by atoms with Gasteiger partial charge in [0.2, 0.25) is 0 Å². The third-order valence-electron chi connectivity index (χ3n) is 7.27. The van der Waals surface area contributed by atoms with Crippen LogP contribution in [0.25, 0.3) is 11.4 Å².